The molecule has 0 unspecified atom stereocenters. The van der Waals surface area contributed by atoms with Crippen LogP contribution in [0.3, 0.4) is 0 Å². The van der Waals surface area contributed by atoms with E-state index in [0.29, 0.717) is 10.7 Å². The summed E-state index contributed by atoms with van der Waals surface area (Å²) in [5.74, 6) is -0.246. The van der Waals surface area contributed by atoms with Crippen molar-refractivity contribution in [3.8, 4) is 0 Å². The molecule has 6 heteroatoms. The van der Waals surface area contributed by atoms with Crippen molar-refractivity contribution in [3.05, 3.63) is 70.9 Å². The Balaban J connectivity index is 1.60. The van der Waals surface area contributed by atoms with Gasteiger partial charge in [-0.1, -0.05) is 48.0 Å². The van der Waals surface area contributed by atoms with Gasteiger partial charge in [0.25, 0.3) is 5.91 Å². The van der Waals surface area contributed by atoms with Gasteiger partial charge in [-0.25, -0.2) is 10.4 Å². The van der Waals surface area contributed by atoms with E-state index in [0.717, 1.165) is 22.2 Å². The SMILES string of the molecule is Cc1ccccc1NCC(=O)N/N=C\c1cc2ccccc2nc1Cl. The third-order valence-electron chi connectivity index (χ3n) is 3.68. The van der Waals surface area contributed by atoms with Crippen LogP contribution in [0.4, 0.5) is 5.69 Å². The number of nitrogens with zero attached hydrogens (tertiary/aromatic N) is 2. The average molecular weight is 353 g/mol. The van der Waals surface area contributed by atoms with Crippen LogP contribution in [-0.2, 0) is 4.79 Å². The summed E-state index contributed by atoms with van der Waals surface area (Å²) in [6.07, 6.45) is 1.49. The fraction of sp³-hybridized carbons (Fsp3) is 0.105. The highest BCUT2D eigenvalue weighted by Crippen LogP contribution is 2.18. The molecule has 1 amide bonds. The molecule has 3 aromatic rings. The normalized spacial score (nSPS) is 11.0. The fourth-order valence-electron chi connectivity index (χ4n) is 2.36. The van der Waals surface area contributed by atoms with Gasteiger partial charge in [0.2, 0.25) is 0 Å². The van der Waals surface area contributed by atoms with Gasteiger partial charge in [-0.05, 0) is 30.7 Å². The van der Waals surface area contributed by atoms with Crippen molar-refractivity contribution in [1.29, 1.82) is 0 Å². The van der Waals surface area contributed by atoms with Crippen LogP contribution in [0.1, 0.15) is 11.1 Å². The molecule has 0 aliphatic rings. The van der Waals surface area contributed by atoms with Crippen LogP contribution < -0.4 is 10.7 Å². The van der Waals surface area contributed by atoms with Gasteiger partial charge in [-0.2, -0.15) is 5.10 Å². The summed E-state index contributed by atoms with van der Waals surface area (Å²) in [4.78, 5) is 16.2. The van der Waals surface area contributed by atoms with E-state index in [2.05, 4.69) is 20.8 Å². The van der Waals surface area contributed by atoms with Gasteiger partial charge in [-0.15, -0.1) is 0 Å². The molecule has 25 heavy (non-hydrogen) atoms. The molecule has 1 aromatic heterocycles. The quantitative estimate of drug-likeness (QED) is 0.417. The minimum Gasteiger partial charge on any atom is -0.376 e. The Morgan fingerprint density at radius 3 is 2.80 bits per heavy atom. The Kier molecular flexibility index (Phi) is 5.26. The highest BCUT2D eigenvalue weighted by Gasteiger charge is 2.04. The maximum atomic E-state index is 11.9. The molecular weight excluding hydrogens is 336 g/mol. The molecule has 1 heterocycles. The number of fused-ring (bicyclic) bond motifs is 1. The molecule has 0 spiro atoms. The average Bonchev–Trinajstić information content (AvgIpc) is 2.61. The van der Waals surface area contributed by atoms with Crippen molar-refractivity contribution < 1.29 is 4.79 Å². The lowest BCUT2D eigenvalue weighted by Crippen LogP contribution is -2.26. The molecule has 2 aromatic carbocycles. The molecule has 0 radical (unpaired) electrons. The number of hydrogen-bond donors (Lipinski definition) is 2. The molecule has 126 valence electrons. The van der Waals surface area contributed by atoms with Crippen LogP contribution in [0.25, 0.3) is 10.9 Å². The number of hydrogen-bond acceptors (Lipinski definition) is 4. The molecule has 3 rings (SSSR count). The van der Waals surface area contributed by atoms with Gasteiger partial charge in [0, 0.05) is 16.6 Å². The van der Waals surface area contributed by atoms with E-state index in [1.165, 1.54) is 6.21 Å². The maximum Gasteiger partial charge on any atom is 0.259 e. The third kappa shape index (κ3) is 4.33. The van der Waals surface area contributed by atoms with Crippen LogP contribution >= 0.6 is 11.6 Å². The first-order valence-corrected chi connectivity index (χ1v) is 8.18. The number of pyridine rings is 1. The zero-order valence-electron chi connectivity index (χ0n) is 13.7. The molecule has 0 aliphatic heterocycles. The zero-order chi connectivity index (χ0) is 17.6. The van der Waals surface area contributed by atoms with Crippen molar-refractivity contribution in [3.63, 3.8) is 0 Å². The summed E-state index contributed by atoms with van der Waals surface area (Å²) in [7, 11) is 0. The minimum absolute atomic E-state index is 0.131. The summed E-state index contributed by atoms with van der Waals surface area (Å²) >= 11 is 6.15. The van der Waals surface area contributed by atoms with Gasteiger partial charge < -0.3 is 5.32 Å². The summed E-state index contributed by atoms with van der Waals surface area (Å²) in [5, 5.41) is 8.33. The van der Waals surface area contributed by atoms with E-state index in [1.54, 1.807) is 0 Å². The van der Waals surface area contributed by atoms with E-state index >= 15 is 0 Å². The van der Waals surface area contributed by atoms with Crippen molar-refractivity contribution in [1.82, 2.24) is 10.4 Å². The number of halogens is 1. The molecule has 2 N–H and O–H groups in total. The molecule has 0 saturated carbocycles. The Bertz CT molecular complexity index is 940. The van der Waals surface area contributed by atoms with Crippen LogP contribution in [0.5, 0.6) is 0 Å². The van der Waals surface area contributed by atoms with Gasteiger partial charge in [0.15, 0.2) is 0 Å². The Labute approximate surface area is 150 Å². The summed E-state index contributed by atoms with van der Waals surface area (Å²) in [6, 6.07) is 17.3. The first-order valence-electron chi connectivity index (χ1n) is 7.80. The van der Waals surface area contributed by atoms with Crippen LogP contribution in [-0.4, -0.2) is 23.7 Å². The molecule has 5 nitrogen and oxygen atoms in total. The fourth-order valence-corrected chi connectivity index (χ4v) is 2.55. The lowest BCUT2D eigenvalue weighted by Gasteiger charge is -2.07. The standard InChI is InChI=1S/C19H17ClN4O/c1-13-6-2-4-8-16(13)21-12-18(25)24-22-11-15-10-14-7-3-5-9-17(14)23-19(15)20/h2-11,21H,12H2,1H3,(H,24,25)/b22-11-. The number of nitrogens with one attached hydrogen (secondary N) is 2. The topological polar surface area (TPSA) is 66.4 Å². The largest absolute Gasteiger partial charge is 0.376 e. The van der Waals surface area contributed by atoms with E-state index < -0.39 is 0 Å². The summed E-state index contributed by atoms with van der Waals surface area (Å²) in [6.45, 7) is 2.11. The monoisotopic (exact) mass is 352 g/mol. The second-order valence-electron chi connectivity index (χ2n) is 5.52. The highest BCUT2D eigenvalue weighted by atomic mass is 35.5. The first kappa shape index (κ1) is 16.9. The van der Waals surface area contributed by atoms with Crippen molar-refractivity contribution in [2.45, 2.75) is 6.92 Å². The number of carbonyl (C=O) groups is 1. The lowest BCUT2D eigenvalue weighted by atomic mass is 10.2. The number of aromatic nitrogens is 1. The molecule has 0 saturated heterocycles. The van der Waals surface area contributed by atoms with E-state index in [9.17, 15) is 4.79 Å². The highest BCUT2D eigenvalue weighted by molar-refractivity contribution is 6.32. The van der Waals surface area contributed by atoms with Crippen LogP contribution in [0.2, 0.25) is 5.15 Å². The number of amides is 1. The Morgan fingerprint density at radius 1 is 1.20 bits per heavy atom. The van der Waals surface area contributed by atoms with Gasteiger partial charge >= 0.3 is 0 Å². The zero-order valence-corrected chi connectivity index (χ0v) is 14.4. The summed E-state index contributed by atoms with van der Waals surface area (Å²) < 4.78 is 0. The predicted octanol–water partition coefficient (Wildman–Crippen LogP) is 3.76. The smallest absolute Gasteiger partial charge is 0.259 e. The third-order valence-corrected chi connectivity index (χ3v) is 3.98. The van der Waals surface area contributed by atoms with Crippen LogP contribution in [0.15, 0.2) is 59.7 Å². The number of benzene rings is 2. The minimum atomic E-state index is -0.246. The van der Waals surface area contributed by atoms with Gasteiger partial charge in [0.05, 0.1) is 18.3 Å². The van der Waals surface area contributed by atoms with E-state index in [4.69, 9.17) is 11.6 Å². The molecule has 0 aliphatic carbocycles. The number of rotatable bonds is 5. The summed E-state index contributed by atoms with van der Waals surface area (Å²) in [5.41, 5.74) is 5.94. The molecule has 0 fully saturated rings. The molecular formula is C19H17ClN4O. The maximum absolute atomic E-state index is 11.9. The number of hydrazone groups is 1. The molecule has 0 bridgehead atoms. The predicted molar refractivity (Wildman–Crippen MR) is 102 cm³/mol. The lowest BCUT2D eigenvalue weighted by molar-refractivity contribution is -0.119. The van der Waals surface area contributed by atoms with Crippen molar-refractivity contribution in [2.24, 2.45) is 5.10 Å². The Hall–Kier alpha value is -2.92. The number of aryl methyl sites for hydroxylation is 1. The van der Waals surface area contributed by atoms with Gasteiger partial charge in [-0.3, -0.25) is 4.79 Å². The van der Waals surface area contributed by atoms with E-state index in [-0.39, 0.29) is 12.5 Å². The Morgan fingerprint density at radius 2 is 1.96 bits per heavy atom. The number of anilines is 1. The first-order chi connectivity index (χ1) is 12.1. The number of para-hydroxylation sites is 2. The number of carbonyl (C=O) groups excluding carboxylic acids is 1. The van der Waals surface area contributed by atoms with Gasteiger partial charge in [0.1, 0.15) is 5.15 Å². The molecule has 0 atom stereocenters. The van der Waals surface area contributed by atoms with Crippen molar-refractivity contribution >= 4 is 40.3 Å². The second-order valence-corrected chi connectivity index (χ2v) is 5.88. The second kappa shape index (κ2) is 7.77. The van der Waals surface area contributed by atoms with Crippen LogP contribution in [0, 0.1) is 6.92 Å². The van der Waals surface area contributed by atoms with E-state index in [1.807, 2.05) is 61.5 Å². The van der Waals surface area contributed by atoms with Crippen molar-refractivity contribution in [2.75, 3.05) is 11.9 Å².